The number of carbonyl (C=O) groups excluding carboxylic acids is 1. The van der Waals surface area contributed by atoms with Gasteiger partial charge in [0.25, 0.3) is 0 Å². The molecule has 0 unspecified atom stereocenters. The van der Waals surface area contributed by atoms with Gasteiger partial charge in [-0.3, -0.25) is 10.2 Å². The summed E-state index contributed by atoms with van der Waals surface area (Å²) in [6, 6.07) is 9.66. The molecular formula is C16H16N4O2S2. The number of amides is 1. The van der Waals surface area contributed by atoms with Gasteiger partial charge in [-0.25, -0.2) is 9.77 Å². The van der Waals surface area contributed by atoms with Gasteiger partial charge in [-0.15, -0.1) is 16.9 Å². The fourth-order valence-electron chi connectivity index (χ4n) is 2.23. The fraction of sp³-hybridized carbons (Fsp3) is 0.188. The number of nitrogens with zero attached hydrogens (tertiary/aromatic N) is 2. The van der Waals surface area contributed by atoms with Crippen LogP contribution in [0.4, 0.5) is 0 Å². The lowest BCUT2D eigenvalue weighted by atomic mass is 10.2. The Labute approximate surface area is 148 Å². The van der Waals surface area contributed by atoms with E-state index in [0.29, 0.717) is 16.4 Å². The second-order valence-electron chi connectivity index (χ2n) is 5.26. The molecule has 24 heavy (non-hydrogen) atoms. The fourth-order valence-corrected chi connectivity index (χ4v) is 3.21. The summed E-state index contributed by atoms with van der Waals surface area (Å²) in [5.74, 6) is 1.04. The number of rotatable bonds is 5. The standard InChI is InChI=1S/C16H16N4O2S2/c1-10-5-6-13(11(2)8-10)24-9-14(21)19-20-15(17-18-16(20)23)12-4-3-7-22-12/h3-8H,9H2,1-2H3,(H,18,23)(H,19,21). The Balaban J connectivity index is 1.70. The number of aromatic nitrogens is 3. The summed E-state index contributed by atoms with van der Waals surface area (Å²) in [7, 11) is 0. The monoisotopic (exact) mass is 360 g/mol. The Morgan fingerprint density at radius 1 is 1.42 bits per heavy atom. The maximum absolute atomic E-state index is 12.3. The van der Waals surface area contributed by atoms with Crippen molar-refractivity contribution in [3.8, 4) is 11.6 Å². The molecular weight excluding hydrogens is 344 g/mol. The van der Waals surface area contributed by atoms with Gasteiger partial charge in [0.05, 0.1) is 12.0 Å². The number of H-pyrrole nitrogens is 1. The summed E-state index contributed by atoms with van der Waals surface area (Å²) in [6.07, 6.45) is 1.54. The molecule has 0 spiro atoms. The van der Waals surface area contributed by atoms with Gasteiger partial charge in [0.2, 0.25) is 16.5 Å². The topological polar surface area (TPSA) is 75.8 Å². The Morgan fingerprint density at radius 2 is 2.25 bits per heavy atom. The van der Waals surface area contributed by atoms with Crippen LogP contribution in [0.2, 0.25) is 0 Å². The van der Waals surface area contributed by atoms with E-state index in [1.165, 1.54) is 28.3 Å². The first-order valence-corrected chi connectivity index (χ1v) is 8.65. The molecule has 3 aromatic rings. The Morgan fingerprint density at radius 3 is 2.96 bits per heavy atom. The molecule has 0 aliphatic rings. The molecule has 124 valence electrons. The minimum absolute atomic E-state index is 0.176. The van der Waals surface area contributed by atoms with Crippen LogP contribution in [-0.2, 0) is 4.79 Å². The van der Waals surface area contributed by atoms with E-state index < -0.39 is 0 Å². The molecule has 0 fully saturated rings. The summed E-state index contributed by atoms with van der Waals surface area (Å²) in [6.45, 7) is 4.08. The van der Waals surface area contributed by atoms with Crippen LogP contribution in [-0.4, -0.2) is 26.5 Å². The van der Waals surface area contributed by atoms with Crippen LogP contribution in [0.15, 0.2) is 45.9 Å². The third-order valence-electron chi connectivity index (χ3n) is 3.34. The minimum atomic E-state index is -0.176. The van der Waals surface area contributed by atoms with Gasteiger partial charge in [-0.05, 0) is 49.8 Å². The van der Waals surface area contributed by atoms with Crippen molar-refractivity contribution in [1.82, 2.24) is 14.9 Å². The second kappa shape index (κ2) is 7.06. The molecule has 2 N–H and O–H groups in total. The number of hydrogen-bond donors (Lipinski definition) is 2. The first-order valence-electron chi connectivity index (χ1n) is 7.26. The summed E-state index contributed by atoms with van der Waals surface area (Å²) in [5, 5.41) is 6.74. The van der Waals surface area contributed by atoms with Crippen LogP contribution in [0.1, 0.15) is 11.1 Å². The minimum Gasteiger partial charge on any atom is -0.461 e. The van der Waals surface area contributed by atoms with E-state index in [9.17, 15) is 4.79 Å². The third-order valence-corrected chi connectivity index (χ3v) is 4.79. The van der Waals surface area contributed by atoms with Crippen molar-refractivity contribution in [3.63, 3.8) is 0 Å². The van der Waals surface area contributed by atoms with Crippen molar-refractivity contribution in [3.05, 3.63) is 52.5 Å². The van der Waals surface area contributed by atoms with Crippen LogP contribution in [0.5, 0.6) is 0 Å². The molecule has 1 aromatic carbocycles. The van der Waals surface area contributed by atoms with Crippen LogP contribution in [0.25, 0.3) is 11.6 Å². The highest BCUT2D eigenvalue weighted by Crippen LogP contribution is 2.23. The Kier molecular flexibility index (Phi) is 4.86. The molecule has 6 nitrogen and oxygen atoms in total. The summed E-state index contributed by atoms with van der Waals surface area (Å²) in [4.78, 5) is 13.3. The molecule has 8 heteroatoms. The zero-order chi connectivity index (χ0) is 17.1. The van der Waals surface area contributed by atoms with E-state index >= 15 is 0 Å². The molecule has 0 saturated carbocycles. The van der Waals surface area contributed by atoms with E-state index in [0.717, 1.165) is 10.5 Å². The first kappa shape index (κ1) is 16.5. The zero-order valence-electron chi connectivity index (χ0n) is 13.2. The van der Waals surface area contributed by atoms with Gasteiger partial charge in [-0.2, -0.15) is 0 Å². The molecule has 0 atom stereocenters. The van der Waals surface area contributed by atoms with Crippen molar-refractivity contribution in [2.75, 3.05) is 11.2 Å². The normalized spacial score (nSPS) is 10.8. The van der Waals surface area contributed by atoms with Crippen LogP contribution >= 0.6 is 24.0 Å². The van der Waals surface area contributed by atoms with Crippen molar-refractivity contribution >= 4 is 29.9 Å². The first-order chi connectivity index (χ1) is 11.5. The number of nitrogens with one attached hydrogen (secondary N) is 2. The predicted octanol–water partition coefficient (Wildman–Crippen LogP) is 3.68. The molecule has 2 aromatic heterocycles. The number of benzene rings is 1. The van der Waals surface area contributed by atoms with Gasteiger partial charge in [0.1, 0.15) is 0 Å². The highest BCUT2D eigenvalue weighted by molar-refractivity contribution is 8.00. The van der Waals surface area contributed by atoms with Gasteiger partial charge >= 0.3 is 0 Å². The summed E-state index contributed by atoms with van der Waals surface area (Å²) >= 11 is 6.64. The lowest BCUT2D eigenvalue weighted by molar-refractivity contribution is -0.114. The van der Waals surface area contributed by atoms with E-state index in [1.807, 2.05) is 26.0 Å². The molecule has 0 bridgehead atoms. The Bertz CT molecular complexity index is 913. The lowest BCUT2D eigenvalue weighted by Crippen LogP contribution is -2.25. The molecule has 1 amide bonds. The SMILES string of the molecule is Cc1ccc(SCC(=O)Nn2c(-c3ccco3)n[nH]c2=S)c(C)c1. The summed E-state index contributed by atoms with van der Waals surface area (Å²) < 4.78 is 7.02. The number of thioether (sulfide) groups is 1. The number of aromatic amines is 1. The van der Waals surface area contributed by atoms with Gasteiger partial charge in [0, 0.05) is 4.90 Å². The summed E-state index contributed by atoms with van der Waals surface area (Å²) in [5.41, 5.74) is 5.11. The maximum atomic E-state index is 12.3. The average molecular weight is 360 g/mol. The van der Waals surface area contributed by atoms with Crippen LogP contribution < -0.4 is 5.43 Å². The van der Waals surface area contributed by atoms with Crippen molar-refractivity contribution < 1.29 is 9.21 Å². The Hall–Kier alpha value is -2.32. The highest BCUT2D eigenvalue weighted by Gasteiger charge is 2.14. The third kappa shape index (κ3) is 3.60. The molecule has 2 heterocycles. The number of furan rings is 1. The maximum Gasteiger partial charge on any atom is 0.249 e. The average Bonchev–Trinajstić information content (AvgIpc) is 3.17. The zero-order valence-corrected chi connectivity index (χ0v) is 14.8. The van der Waals surface area contributed by atoms with Gasteiger partial charge in [-0.1, -0.05) is 17.7 Å². The van der Waals surface area contributed by atoms with Gasteiger partial charge in [0.15, 0.2) is 5.76 Å². The van der Waals surface area contributed by atoms with Crippen molar-refractivity contribution in [2.45, 2.75) is 18.7 Å². The van der Waals surface area contributed by atoms with Crippen molar-refractivity contribution in [1.29, 1.82) is 0 Å². The predicted molar refractivity (Wildman–Crippen MR) is 96.1 cm³/mol. The van der Waals surface area contributed by atoms with E-state index in [2.05, 4.69) is 21.7 Å². The van der Waals surface area contributed by atoms with Crippen molar-refractivity contribution in [2.24, 2.45) is 0 Å². The largest absolute Gasteiger partial charge is 0.461 e. The second-order valence-corrected chi connectivity index (χ2v) is 6.66. The smallest absolute Gasteiger partial charge is 0.249 e. The molecule has 0 aliphatic heterocycles. The van der Waals surface area contributed by atoms with Crippen LogP contribution in [0.3, 0.4) is 0 Å². The quantitative estimate of drug-likeness (QED) is 0.536. The number of hydrogen-bond acceptors (Lipinski definition) is 5. The van der Waals surface area contributed by atoms with E-state index in [1.54, 1.807) is 12.1 Å². The highest BCUT2D eigenvalue weighted by atomic mass is 32.2. The number of carbonyl (C=O) groups is 1. The van der Waals surface area contributed by atoms with Crippen LogP contribution in [0, 0.1) is 18.6 Å². The number of aryl methyl sites for hydroxylation is 2. The van der Waals surface area contributed by atoms with E-state index in [4.69, 9.17) is 16.6 Å². The lowest BCUT2D eigenvalue weighted by Gasteiger charge is -2.09. The van der Waals surface area contributed by atoms with Gasteiger partial charge < -0.3 is 4.42 Å². The molecule has 3 rings (SSSR count). The molecule has 0 saturated heterocycles. The molecule has 0 aliphatic carbocycles. The molecule has 0 radical (unpaired) electrons. The van der Waals surface area contributed by atoms with E-state index in [-0.39, 0.29) is 11.7 Å².